The van der Waals surface area contributed by atoms with Gasteiger partial charge in [-0.1, -0.05) is 30.3 Å². The molecule has 0 unspecified atom stereocenters. The Morgan fingerprint density at radius 1 is 0.969 bits per heavy atom. The molecule has 0 aliphatic heterocycles. The first kappa shape index (κ1) is 19.7. The van der Waals surface area contributed by atoms with Gasteiger partial charge in [0.25, 0.3) is 5.91 Å². The van der Waals surface area contributed by atoms with Gasteiger partial charge < -0.3 is 14.2 Å². The van der Waals surface area contributed by atoms with E-state index in [4.69, 9.17) is 8.83 Å². The van der Waals surface area contributed by atoms with E-state index in [1.165, 1.54) is 18.2 Å². The summed E-state index contributed by atoms with van der Waals surface area (Å²) in [4.78, 5) is 12.7. The average molecular weight is 427 g/mol. The van der Waals surface area contributed by atoms with Crippen molar-refractivity contribution >= 4 is 22.6 Å². The van der Waals surface area contributed by atoms with Crippen molar-refractivity contribution in [3.63, 3.8) is 0 Å². The molecule has 6 nitrogen and oxygen atoms in total. The third-order valence-electron chi connectivity index (χ3n) is 5.16. The Bertz CT molecular complexity index is 1410. The molecule has 5 aromatic rings. The summed E-state index contributed by atoms with van der Waals surface area (Å²) in [6.45, 7) is 1.73. The molecule has 0 aliphatic carbocycles. The van der Waals surface area contributed by atoms with E-state index in [9.17, 15) is 9.18 Å². The molecule has 0 atom stereocenters. The zero-order chi connectivity index (χ0) is 22.1. The summed E-state index contributed by atoms with van der Waals surface area (Å²) in [6.07, 6.45) is 0.475. The van der Waals surface area contributed by atoms with Crippen molar-refractivity contribution in [3.8, 4) is 11.5 Å². The summed E-state index contributed by atoms with van der Waals surface area (Å²) in [5.41, 5.74) is 3.51. The SMILES string of the molecule is Cc1c(C(=O)Nc2ccc(Cc3nnc(-c4ccccc4)o3)cc2)oc2ccc(F)cc12. The molecule has 3 aromatic carbocycles. The first-order chi connectivity index (χ1) is 15.6. The Morgan fingerprint density at radius 2 is 1.75 bits per heavy atom. The number of aromatic nitrogens is 2. The van der Waals surface area contributed by atoms with Gasteiger partial charge in [-0.25, -0.2) is 4.39 Å². The summed E-state index contributed by atoms with van der Waals surface area (Å²) in [5.74, 6) is 0.377. The lowest BCUT2D eigenvalue weighted by Crippen LogP contribution is -2.12. The molecule has 1 N–H and O–H groups in total. The summed E-state index contributed by atoms with van der Waals surface area (Å²) in [5, 5.41) is 11.6. The van der Waals surface area contributed by atoms with Crippen LogP contribution >= 0.6 is 0 Å². The molecule has 5 rings (SSSR count). The number of furan rings is 1. The van der Waals surface area contributed by atoms with Crippen LogP contribution in [-0.2, 0) is 6.42 Å². The molecule has 7 heteroatoms. The quantitative estimate of drug-likeness (QED) is 0.385. The fourth-order valence-corrected chi connectivity index (χ4v) is 3.50. The van der Waals surface area contributed by atoms with Crippen LogP contribution in [0.3, 0.4) is 0 Å². The minimum Gasteiger partial charge on any atom is -0.451 e. The number of amides is 1. The summed E-state index contributed by atoms with van der Waals surface area (Å²) in [6, 6.07) is 21.1. The molecule has 2 heterocycles. The largest absolute Gasteiger partial charge is 0.451 e. The number of anilines is 1. The highest BCUT2D eigenvalue weighted by atomic mass is 19.1. The molecule has 32 heavy (non-hydrogen) atoms. The van der Waals surface area contributed by atoms with Crippen LogP contribution in [-0.4, -0.2) is 16.1 Å². The Balaban J connectivity index is 1.28. The number of fused-ring (bicyclic) bond motifs is 1. The third kappa shape index (κ3) is 3.88. The number of hydrogen-bond acceptors (Lipinski definition) is 5. The topological polar surface area (TPSA) is 81.2 Å². The predicted molar refractivity (Wildman–Crippen MR) is 118 cm³/mol. The molecule has 0 spiro atoms. The highest BCUT2D eigenvalue weighted by molar-refractivity contribution is 6.06. The summed E-state index contributed by atoms with van der Waals surface area (Å²) >= 11 is 0. The molecular weight excluding hydrogens is 409 g/mol. The van der Waals surface area contributed by atoms with Crippen molar-refractivity contribution in [2.75, 3.05) is 5.32 Å². The Morgan fingerprint density at radius 3 is 2.53 bits per heavy atom. The zero-order valence-electron chi connectivity index (χ0n) is 17.1. The van der Waals surface area contributed by atoms with Crippen LogP contribution in [0.4, 0.5) is 10.1 Å². The Hall–Kier alpha value is -4.26. The Labute approximate surface area is 182 Å². The van der Waals surface area contributed by atoms with Gasteiger partial charge in [-0.15, -0.1) is 10.2 Å². The third-order valence-corrected chi connectivity index (χ3v) is 5.16. The normalized spacial score (nSPS) is 11.1. The number of nitrogens with one attached hydrogen (secondary N) is 1. The van der Waals surface area contributed by atoms with Crippen LogP contribution in [0.5, 0.6) is 0 Å². The van der Waals surface area contributed by atoms with Gasteiger partial charge in [0.2, 0.25) is 11.8 Å². The van der Waals surface area contributed by atoms with E-state index in [0.29, 0.717) is 40.4 Å². The number of benzene rings is 3. The molecule has 2 aromatic heterocycles. The lowest BCUT2D eigenvalue weighted by atomic mass is 10.1. The van der Waals surface area contributed by atoms with E-state index in [2.05, 4.69) is 15.5 Å². The average Bonchev–Trinajstić information content (AvgIpc) is 3.40. The maximum Gasteiger partial charge on any atom is 0.291 e. The molecule has 1 amide bonds. The second-order valence-corrected chi connectivity index (χ2v) is 7.39. The number of nitrogens with zero attached hydrogens (tertiary/aromatic N) is 2. The number of rotatable bonds is 5. The van der Waals surface area contributed by atoms with Crippen molar-refractivity contribution in [2.24, 2.45) is 0 Å². The van der Waals surface area contributed by atoms with Crippen LogP contribution in [0.2, 0.25) is 0 Å². The van der Waals surface area contributed by atoms with Gasteiger partial charge >= 0.3 is 0 Å². The van der Waals surface area contributed by atoms with Crippen LogP contribution < -0.4 is 5.32 Å². The van der Waals surface area contributed by atoms with Crippen molar-refractivity contribution in [1.82, 2.24) is 10.2 Å². The second-order valence-electron chi connectivity index (χ2n) is 7.39. The highest BCUT2D eigenvalue weighted by Gasteiger charge is 2.18. The van der Waals surface area contributed by atoms with Gasteiger partial charge in [-0.2, -0.15) is 0 Å². The molecule has 158 valence electrons. The molecule has 0 saturated carbocycles. The summed E-state index contributed by atoms with van der Waals surface area (Å²) < 4.78 is 24.9. The number of carbonyl (C=O) groups is 1. The molecular formula is C25H18FN3O3. The zero-order valence-corrected chi connectivity index (χ0v) is 17.1. The highest BCUT2D eigenvalue weighted by Crippen LogP contribution is 2.27. The molecule has 0 fully saturated rings. The smallest absolute Gasteiger partial charge is 0.291 e. The number of aryl methyl sites for hydroxylation is 1. The van der Waals surface area contributed by atoms with Crippen molar-refractivity contribution in [1.29, 1.82) is 0 Å². The Kier molecular flexibility index (Phi) is 4.99. The van der Waals surface area contributed by atoms with E-state index >= 15 is 0 Å². The van der Waals surface area contributed by atoms with Gasteiger partial charge in [0.05, 0.1) is 6.42 Å². The number of carbonyl (C=O) groups excluding carboxylic acids is 1. The second kappa shape index (κ2) is 8.11. The first-order valence-electron chi connectivity index (χ1n) is 10.0. The van der Waals surface area contributed by atoms with Crippen LogP contribution in [0, 0.1) is 12.7 Å². The van der Waals surface area contributed by atoms with E-state index in [1.54, 1.807) is 19.1 Å². The van der Waals surface area contributed by atoms with Crippen molar-refractivity contribution in [3.05, 3.63) is 101 Å². The van der Waals surface area contributed by atoms with E-state index in [0.717, 1.165) is 11.1 Å². The van der Waals surface area contributed by atoms with Gasteiger partial charge in [0, 0.05) is 22.2 Å². The van der Waals surface area contributed by atoms with Gasteiger partial charge in [-0.3, -0.25) is 4.79 Å². The molecule has 0 aliphatic rings. The molecule has 0 bridgehead atoms. The molecule has 0 saturated heterocycles. The minimum atomic E-state index is -0.392. The van der Waals surface area contributed by atoms with Gasteiger partial charge in [-0.05, 0) is 55.0 Å². The number of halogens is 1. The number of hydrogen-bond donors (Lipinski definition) is 1. The van der Waals surface area contributed by atoms with Gasteiger partial charge in [0.15, 0.2) is 5.76 Å². The predicted octanol–water partition coefficient (Wildman–Crippen LogP) is 5.77. The lowest BCUT2D eigenvalue weighted by Gasteiger charge is -2.05. The lowest BCUT2D eigenvalue weighted by molar-refractivity contribution is 0.0998. The summed E-state index contributed by atoms with van der Waals surface area (Å²) in [7, 11) is 0. The van der Waals surface area contributed by atoms with Crippen LogP contribution in [0.1, 0.15) is 27.6 Å². The first-order valence-corrected chi connectivity index (χ1v) is 10.0. The maximum absolute atomic E-state index is 13.5. The van der Waals surface area contributed by atoms with Crippen molar-refractivity contribution < 1.29 is 18.0 Å². The van der Waals surface area contributed by atoms with Gasteiger partial charge in [0.1, 0.15) is 11.4 Å². The van der Waals surface area contributed by atoms with E-state index in [-0.39, 0.29) is 11.6 Å². The minimum absolute atomic E-state index is 0.161. The van der Waals surface area contributed by atoms with Crippen molar-refractivity contribution in [2.45, 2.75) is 13.3 Å². The fourth-order valence-electron chi connectivity index (χ4n) is 3.50. The van der Waals surface area contributed by atoms with E-state index < -0.39 is 5.91 Å². The van der Waals surface area contributed by atoms with E-state index in [1.807, 2.05) is 42.5 Å². The van der Waals surface area contributed by atoms with Crippen LogP contribution in [0.25, 0.3) is 22.4 Å². The fraction of sp³-hybridized carbons (Fsp3) is 0.0800. The monoisotopic (exact) mass is 427 g/mol. The standard InChI is InChI=1S/C25H18FN3O3/c1-15-20-14-18(26)9-12-21(20)31-23(15)24(30)27-19-10-7-16(8-11-19)13-22-28-29-25(32-22)17-5-3-2-4-6-17/h2-12,14H,13H2,1H3,(H,27,30). The van der Waals surface area contributed by atoms with Crippen LogP contribution in [0.15, 0.2) is 81.6 Å². The molecule has 0 radical (unpaired) electrons. The maximum atomic E-state index is 13.5.